The lowest BCUT2D eigenvalue weighted by molar-refractivity contribution is -0.129. The molecule has 13 heavy (non-hydrogen) atoms. The molecule has 1 heterocycles. The second-order valence-electron chi connectivity index (χ2n) is 3.10. The highest BCUT2D eigenvalue weighted by molar-refractivity contribution is 5.80. The Morgan fingerprint density at radius 1 is 1.69 bits per heavy atom. The van der Waals surface area contributed by atoms with E-state index in [-0.39, 0.29) is 12.1 Å². The van der Waals surface area contributed by atoms with Crippen LogP contribution in [0.1, 0.15) is 6.92 Å². The lowest BCUT2D eigenvalue weighted by atomic mass is 10.2. The molecule has 1 fully saturated rings. The predicted molar refractivity (Wildman–Crippen MR) is 45.2 cm³/mol. The summed E-state index contributed by atoms with van der Waals surface area (Å²) in [6, 6.07) is -0.146. The zero-order valence-electron chi connectivity index (χ0n) is 7.82. The third-order valence-corrected chi connectivity index (χ3v) is 2.04. The van der Waals surface area contributed by atoms with Crippen LogP contribution in [-0.4, -0.2) is 49.6 Å². The zero-order valence-corrected chi connectivity index (χ0v) is 7.82. The maximum absolute atomic E-state index is 11.1. The van der Waals surface area contributed by atoms with Crippen LogP contribution < -0.4 is 5.32 Å². The molecule has 1 aliphatic rings. The summed E-state index contributed by atoms with van der Waals surface area (Å²) in [6.45, 7) is 2.35. The van der Waals surface area contributed by atoms with E-state index in [2.05, 4.69) is 5.32 Å². The summed E-state index contributed by atoms with van der Waals surface area (Å²) < 4.78 is 10.2. The molecule has 0 saturated carbocycles. The van der Waals surface area contributed by atoms with Gasteiger partial charge in [-0.25, -0.2) is 0 Å². The van der Waals surface area contributed by atoms with Crippen molar-refractivity contribution in [1.82, 2.24) is 5.32 Å². The van der Waals surface area contributed by atoms with Crippen LogP contribution in [0, 0.1) is 0 Å². The molecular formula is C8H15NO4. The summed E-state index contributed by atoms with van der Waals surface area (Å²) in [6.07, 6.45) is -1.10. The number of rotatable bonds is 3. The Bertz CT molecular complexity index is 183. The number of amides is 1. The molecule has 1 amide bonds. The molecule has 1 rings (SSSR count). The van der Waals surface area contributed by atoms with E-state index in [9.17, 15) is 4.79 Å². The van der Waals surface area contributed by atoms with E-state index in [1.165, 1.54) is 6.92 Å². The summed E-state index contributed by atoms with van der Waals surface area (Å²) >= 11 is 0. The second kappa shape index (κ2) is 4.55. The molecule has 0 radical (unpaired) electrons. The van der Waals surface area contributed by atoms with Crippen LogP contribution in [0.2, 0.25) is 0 Å². The van der Waals surface area contributed by atoms with E-state index in [1.54, 1.807) is 7.11 Å². The Morgan fingerprint density at radius 2 is 2.38 bits per heavy atom. The van der Waals surface area contributed by atoms with Gasteiger partial charge in [0.1, 0.15) is 12.2 Å². The van der Waals surface area contributed by atoms with E-state index >= 15 is 0 Å². The first-order valence-corrected chi connectivity index (χ1v) is 4.24. The minimum absolute atomic E-state index is 0.109. The third-order valence-electron chi connectivity index (χ3n) is 2.04. The average Bonchev–Trinajstić information content (AvgIpc) is 2.51. The van der Waals surface area contributed by atoms with E-state index in [4.69, 9.17) is 14.6 Å². The summed E-state index contributed by atoms with van der Waals surface area (Å²) in [5, 5.41) is 11.6. The lowest BCUT2D eigenvalue weighted by Crippen LogP contribution is -2.46. The molecule has 0 aromatic rings. The molecule has 1 unspecified atom stereocenters. The topological polar surface area (TPSA) is 67.8 Å². The Morgan fingerprint density at radius 3 is 2.92 bits per heavy atom. The van der Waals surface area contributed by atoms with Gasteiger partial charge in [-0.1, -0.05) is 0 Å². The van der Waals surface area contributed by atoms with Gasteiger partial charge >= 0.3 is 0 Å². The van der Waals surface area contributed by atoms with Gasteiger partial charge in [-0.15, -0.1) is 0 Å². The normalized spacial score (nSPS) is 30.1. The van der Waals surface area contributed by atoms with Crippen LogP contribution in [0.4, 0.5) is 0 Å². The van der Waals surface area contributed by atoms with Crippen molar-refractivity contribution in [3.63, 3.8) is 0 Å². The minimum atomic E-state index is -0.988. The van der Waals surface area contributed by atoms with Crippen LogP contribution >= 0.6 is 0 Å². The standard InChI is InChI=1S/C8H15NO4/c1-5(10)8(11)9-6-3-13-4-7(6)12-2/h5-7,10H,3-4H2,1-2H3,(H,9,11)/t5?,6-,7-/m0/s1. The van der Waals surface area contributed by atoms with Crippen molar-refractivity contribution in [2.75, 3.05) is 20.3 Å². The number of carbonyl (C=O) groups is 1. The Labute approximate surface area is 77.0 Å². The molecule has 1 saturated heterocycles. The van der Waals surface area contributed by atoms with Gasteiger partial charge in [0, 0.05) is 7.11 Å². The number of ether oxygens (including phenoxy) is 2. The summed E-state index contributed by atoms with van der Waals surface area (Å²) in [5.74, 6) is -0.391. The maximum atomic E-state index is 11.1. The number of nitrogens with one attached hydrogen (secondary N) is 1. The third kappa shape index (κ3) is 2.65. The molecular weight excluding hydrogens is 174 g/mol. The lowest BCUT2D eigenvalue weighted by Gasteiger charge is -2.18. The van der Waals surface area contributed by atoms with Crippen LogP contribution in [0.3, 0.4) is 0 Å². The van der Waals surface area contributed by atoms with E-state index < -0.39 is 12.0 Å². The molecule has 3 atom stereocenters. The summed E-state index contributed by atoms with van der Waals surface area (Å²) in [4.78, 5) is 11.1. The van der Waals surface area contributed by atoms with Crippen molar-refractivity contribution in [1.29, 1.82) is 0 Å². The van der Waals surface area contributed by atoms with Crippen molar-refractivity contribution in [3.05, 3.63) is 0 Å². The SMILES string of the molecule is CO[C@H]1COC[C@@H]1NC(=O)C(C)O. The molecule has 0 bridgehead atoms. The highest BCUT2D eigenvalue weighted by Crippen LogP contribution is 2.08. The van der Waals surface area contributed by atoms with Gasteiger partial charge in [0.15, 0.2) is 0 Å². The summed E-state index contributed by atoms with van der Waals surface area (Å²) in [7, 11) is 1.57. The fraction of sp³-hybridized carbons (Fsp3) is 0.875. The first-order chi connectivity index (χ1) is 6.15. The van der Waals surface area contributed by atoms with Crippen molar-refractivity contribution in [3.8, 4) is 0 Å². The van der Waals surface area contributed by atoms with E-state index in [1.807, 2.05) is 0 Å². The number of hydrogen-bond acceptors (Lipinski definition) is 4. The molecule has 0 aromatic heterocycles. The van der Waals surface area contributed by atoms with Gasteiger partial charge in [-0.3, -0.25) is 4.79 Å². The van der Waals surface area contributed by atoms with Gasteiger partial charge in [0.2, 0.25) is 5.91 Å². The maximum Gasteiger partial charge on any atom is 0.248 e. The molecule has 5 nitrogen and oxygen atoms in total. The number of methoxy groups -OCH3 is 1. The average molecular weight is 189 g/mol. The van der Waals surface area contributed by atoms with Crippen LogP contribution in [0.15, 0.2) is 0 Å². The second-order valence-corrected chi connectivity index (χ2v) is 3.10. The van der Waals surface area contributed by atoms with E-state index in [0.29, 0.717) is 13.2 Å². The predicted octanol–water partition coefficient (Wildman–Crippen LogP) is -1.10. The number of aliphatic hydroxyl groups excluding tert-OH is 1. The van der Waals surface area contributed by atoms with Crippen molar-refractivity contribution < 1.29 is 19.4 Å². The molecule has 0 spiro atoms. The Balaban J connectivity index is 2.39. The van der Waals surface area contributed by atoms with Crippen LogP contribution in [-0.2, 0) is 14.3 Å². The van der Waals surface area contributed by atoms with Gasteiger partial charge in [0.25, 0.3) is 0 Å². The highest BCUT2D eigenvalue weighted by atomic mass is 16.5. The zero-order chi connectivity index (χ0) is 9.84. The van der Waals surface area contributed by atoms with Gasteiger partial charge < -0.3 is 19.9 Å². The first kappa shape index (κ1) is 10.4. The van der Waals surface area contributed by atoms with Crippen molar-refractivity contribution in [2.45, 2.75) is 25.2 Å². The largest absolute Gasteiger partial charge is 0.384 e. The fourth-order valence-corrected chi connectivity index (χ4v) is 1.20. The van der Waals surface area contributed by atoms with E-state index in [0.717, 1.165) is 0 Å². The number of hydrogen-bond donors (Lipinski definition) is 2. The summed E-state index contributed by atoms with van der Waals surface area (Å²) in [5.41, 5.74) is 0. The molecule has 76 valence electrons. The highest BCUT2D eigenvalue weighted by Gasteiger charge is 2.30. The number of carbonyl (C=O) groups excluding carboxylic acids is 1. The molecule has 1 aliphatic heterocycles. The fourth-order valence-electron chi connectivity index (χ4n) is 1.20. The van der Waals surface area contributed by atoms with Gasteiger partial charge in [0.05, 0.1) is 19.3 Å². The van der Waals surface area contributed by atoms with Crippen LogP contribution in [0.5, 0.6) is 0 Å². The monoisotopic (exact) mass is 189 g/mol. The molecule has 5 heteroatoms. The Hall–Kier alpha value is -0.650. The van der Waals surface area contributed by atoms with Crippen molar-refractivity contribution >= 4 is 5.91 Å². The Kier molecular flexibility index (Phi) is 3.65. The van der Waals surface area contributed by atoms with Crippen LogP contribution in [0.25, 0.3) is 0 Å². The van der Waals surface area contributed by atoms with Crippen molar-refractivity contribution in [2.24, 2.45) is 0 Å². The van der Waals surface area contributed by atoms with Gasteiger partial charge in [-0.2, -0.15) is 0 Å². The molecule has 0 aliphatic carbocycles. The number of aliphatic hydroxyl groups is 1. The first-order valence-electron chi connectivity index (χ1n) is 4.24. The molecule has 0 aromatic carbocycles. The quantitative estimate of drug-likeness (QED) is 0.591. The minimum Gasteiger partial charge on any atom is -0.384 e. The van der Waals surface area contributed by atoms with Gasteiger partial charge in [-0.05, 0) is 6.92 Å². The smallest absolute Gasteiger partial charge is 0.248 e. The molecule has 2 N–H and O–H groups in total.